The molecule has 5 atom stereocenters. The first-order valence-electron chi connectivity index (χ1n) is 15.3. The number of likely N-dealkylation sites (tertiary alicyclic amines) is 1. The summed E-state index contributed by atoms with van der Waals surface area (Å²) < 4.78 is 38.5. The highest BCUT2D eigenvalue weighted by Gasteiger charge is 2.62. The number of carbonyl (C=O) groups is 4. The van der Waals surface area contributed by atoms with E-state index in [9.17, 15) is 27.6 Å². The lowest BCUT2D eigenvalue weighted by Crippen LogP contribution is -2.60. The van der Waals surface area contributed by atoms with Crippen molar-refractivity contribution >= 4 is 44.4 Å². The molecular formula is C32H41N5O8S. The van der Waals surface area contributed by atoms with Gasteiger partial charge in [0.25, 0.3) is 5.91 Å². The molecule has 2 aromatic rings. The van der Waals surface area contributed by atoms with Crippen molar-refractivity contribution < 1.29 is 37.1 Å². The Morgan fingerprint density at radius 2 is 1.89 bits per heavy atom. The fraction of sp³-hybridized carbons (Fsp3) is 0.531. The first-order chi connectivity index (χ1) is 21.7. The van der Waals surface area contributed by atoms with Gasteiger partial charge in [0.1, 0.15) is 30.3 Å². The molecule has 0 spiro atoms. The molecule has 2 aliphatic carbocycles. The number of nitrogens with one attached hydrogen (secondary N) is 3. The number of methoxy groups -OCH3 is 1. The van der Waals surface area contributed by atoms with Crippen molar-refractivity contribution in [1.29, 1.82) is 0 Å². The van der Waals surface area contributed by atoms with Gasteiger partial charge in [-0.05, 0) is 42.2 Å². The molecule has 2 heterocycles. The van der Waals surface area contributed by atoms with E-state index in [-0.39, 0.29) is 26.0 Å². The second kappa shape index (κ2) is 12.6. The Labute approximate surface area is 268 Å². The van der Waals surface area contributed by atoms with E-state index >= 15 is 0 Å². The molecule has 5 rings (SSSR count). The Balaban J connectivity index is 1.43. The van der Waals surface area contributed by atoms with Crippen molar-refractivity contribution in [3.63, 3.8) is 0 Å². The molecule has 0 radical (unpaired) electrons. The molecule has 2 saturated carbocycles. The highest BCUT2D eigenvalue weighted by Crippen LogP contribution is 2.45. The van der Waals surface area contributed by atoms with Gasteiger partial charge in [-0.15, -0.1) is 6.58 Å². The molecule has 1 aromatic carbocycles. The predicted octanol–water partition coefficient (Wildman–Crippen LogP) is 1.43. The van der Waals surface area contributed by atoms with Gasteiger partial charge in [0.2, 0.25) is 33.6 Å². The van der Waals surface area contributed by atoms with Crippen molar-refractivity contribution in [3.05, 3.63) is 49.2 Å². The van der Waals surface area contributed by atoms with Gasteiger partial charge >= 0.3 is 0 Å². The number of ether oxygens (including phenoxy) is 2. The molecule has 0 bridgehead atoms. The zero-order chi connectivity index (χ0) is 33.4. The Kier molecular flexibility index (Phi) is 9.15. The standard InChI is InChI=1S/C32H41N5O8S/c1-6-20-16-32(20,30(41)36-46(42,43)22-11-12-22)35-27(39)24-15-21(45-28-23-10-8-7-9-19(23)13-14-33-28)17-37(24)29(40)26(31(2,3)4)34-25(38)18-44-5/h6-10,13-14,20-22,24,26H,1,11-12,15-18H2,2-5H3,(H,34,38)(H,35,39)(H,36,41)/t20-,21-,24+,26?,32-/m1/s1. The SMILES string of the molecule is C=C[C@@H]1C[C@]1(NC(=O)[C@@H]1C[C@@H](Oc2nccc3ccccc23)CN1C(=O)C(NC(=O)COC)C(C)(C)C)C(=O)NS(=O)(=O)C1CC1. The van der Waals surface area contributed by atoms with E-state index in [1.807, 2.05) is 30.3 Å². The average Bonchev–Trinajstić information content (AvgIpc) is 3.92. The van der Waals surface area contributed by atoms with Crippen LogP contribution >= 0.6 is 0 Å². The molecule has 1 unspecified atom stereocenters. The maximum Gasteiger partial charge on any atom is 0.259 e. The van der Waals surface area contributed by atoms with Crippen LogP contribution in [0, 0.1) is 11.3 Å². The lowest BCUT2D eigenvalue weighted by molar-refractivity contribution is -0.145. The van der Waals surface area contributed by atoms with Gasteiger partial charge in [-0.3, -0.25) is 23.9 Å². The number of carbonyl (C=O) groups excluding carboxylic acids is 4. The normalized spacial score (nSPS) is 25.0. The van der Waals surface area contributed by atoms with Gasteiger partial charge in [-0.1, -0.05) is 45.0 Å². The molecule has 248 valence electrons. The number of benzene rings is 1. The Morgan fingerprint density at radius 1 is 1.17 bits per heavy atom. The summed E-state index contributed by atoms with van der Waals surface area (Å²) in [7, 11) is -2.50. The largest absolute Gasteiger partial charge is 0.472 e. The summed E-state index contributed by atoms with van der Waals surface area (Å²) in [6.07, 6.45) is 3.60. The van der Waals surface area contributed by atoms with Crippen LogP contribution in [-0.4, -0.2) is 91.2 Å². The summed E-state index contributed by atoms with van der Waals surface area (Å²) in [6.45, 7) is 8.86. The quantitative estimate of drug-likeness (QED) is 0.286. The van der Waals surface area contributed by atoms with E-state index in [1.54, 1.807) is 27.0 Å². The molecule has 13 nitrogen and oxygen atoms in total. The number of pyridine rings is 1. The molecule has 4 amide bonds. The third-order valence-corrected chi connectivity index (χ3v) is 10.5. The maximum absolute atomic E-state index is 14.2. The van der Waals surface area contributed by atoms with Crippen molar-refractivity contribution in [2.45, 2.75) is 75.4 Å². The lowest BCUT2D eigenvalue weighted by atomic mass is 9.85. The molecule has 1 saturated heterocycles. The van der Waals surface area contributed by atoms with Crippen LogP contribution < -0.4 is 20.1 Å². The van der Waals surface area contributed by atoms with E-state index in [0.29, 0.717) is 18.7 Å². The number of rotatable bonds is 12. The van der Waals surface area contributed by atoms with Crippen LogP contribution in [0.15, 0.2) is 49.2 Å². The molecule has 1 aromatic heterocycles. The summed E-state index contributed by atoms with van der Waals surface area (Å²) in [6, 6.07) is 7.24. The third kappa shape index (κ3) is 6.87. The highest BCUT2D eigenvalue weighted by atomic mass is 32.2. The summed E-state index contributed by atoms with van der Waals surface area (Å²) in [5.74, 6) is -2.65. The fourth-order valence-electron chi connectivity index (χ4n) is 5.89. The van der Waals surface area contributed by atoms with Crippen molar-refractivity contribution in [3.8, 4) is 5.88 Å². The molecule has 46 heavy (non-hydrogen) atoms. The Morgan fingerprint density at radius 3 is 2.52 bits per heavy atom. The van der Waals surface area contributed by atoms with Crippen molar-refractivity contribution in [1.82, 2.24) is 25.2 Å². The smallest absolute Gasteiger partial charge is 0.259 e. The number of hydrogen-bond acceptors (Lipinski definition) is 9. The van der Waals surface area contributed by atoms with E-state index in [2.05, 4.69) is 26.9 Å². The molecular weight excluding hydrogens is 614 g/mol. The number of nitrogens with zero attached hydrogens (tertiary/aromatic N) is 2. The van der Waals surface area contributed by atoms with Crippen LogP contribution in [0.5, 0.6) is 5.88 Å². The van der Waals surface area contributed by atoms with Crippen LogP contribution in [0.1, 0.15) is 46.5 Å². The van der Waals surface area contributed by atoms with E-state index < -0.39 is 74.0 Å². The van der Waals surface area contributed by atoms with Crippen LogP contribution in [0.3, 0.4) is 0 Å². The minimum absolute atomic E-state index is 0.00527. The van der Waals surface area contributed by atoms with Gasteiger partial charge in [0.15, 0.2) is 0 Å². The molecule has 3 N–H and O–H groups in total. The van der Waals surface area contributed by atoms with Crippen LogP contribution in [-0.2, 0) is 33.9 Å². The van der Waals surface area contributed by atoms with Gasteiger partial charge in [-0.25, -0.2) is 13.4 Å². The minimum atomic E-state index is -3.87. The van der Waals surface area contributed by atoms with Crippen LogP contribution in [0.4, 0.5) is 0 Å². The zero-order valence-corrected chi connectivity index (χ0v) is 27.3. The summed E-state index contributed by atoms with van der Waals surface area (Å²) in [4.78, 5) is 59.9. The molecule has 14 heteroatoms. The van der Waals surface area contributed by atoms with E-state index in [1.165, 1.54) is 18.1 Å². The second-order valence-corrected chi connectivity index (χ2v) is 15.3. The Hall–Kier alpha value is -4.04. The van der Waals surface area contributed by atoms with Crippen molar-refractivity contribution in [2.75, 3.05) is 20.3 Å². The third-order valence-electron chi connectivity index (χ3n) is 8.71. The van der Waals surface area contributed by atoms with Gasteiger partial charge in [0, 0.05) is 31.0 Å². The average molecular weight is 656 g/mol. The predicted molar refractivity (Wildman–Crippen MR) is 169 cm³/mol. The first kappa shape index (κ1) is 33.3. The topological polar surface area (TPSA) is 173 Å². The number of sulfonamides is 1. The summed E-state index contributed by atoms with van der Waals surface area (Å²) in [5.41, 5.74) is -2.28. The minimum Gasteiger partial charge on any atom is -0.472 e. The maximum atomic E-state index is 14.2. The number of amides is 4. The molecule has 3 fully saturated rings. The van der Waals surface area contributed by atoms with Crippen LogP contribution in [0.25, 0.3) is 10.8 Å². The molecule has 3 aliphatic rings. The number of fused-ring (bicyclic) bond motifs is 1. The van der Waals surface area contributed by atoms with Gasteiger partial charge in [0.05, 0.1) is 11.8 Å². The summed E-state index contributed by atoms with van der Waals surface area (Å²) in [5, 5.41) is 6.54. The lowest BCUT2D eigenvalue weighted by Gasteiger charge is -2.35. The first-order valence-corrected chi connectivity index (χ1v) is 16.8. The van der Waals surface area contributed by atoms with Crippen LogP contribution in [0.2, 0.25) is 0 Å². The van der Waals surface area contributed by atoms with E-state index in [4.69, 9.17) is 9.47 Å². The highest BCUT2D eigenvalue weighted by molar-refractivity contribution is 7.91. The van der Waals surface area contributed by atoms with Crippen molar-refractivity contribution in [2.24, 2.45) is 11.3 Å². The van der Waals surface area contributed by atoms with E-state index in [0.717, 1.165) is 10.8 Å². The molecule has 1 aliphatic heterocycles. The number of hydrogen-bond donors (Lipinski definition) is 3. The van der Waals surface area contributed by atoms with Gasteiger partial charge in [-0.2, -0.15) is 0 Å². The summed E-state index contributed by atoms with van der Waals surface area (Å²) >= 11 is 0. The van der Waals surface area contributed by atoms with Gasteiger partial charge < -0.3 is 25.0 Å². The monoisotopic (exact) mass is 655 g/mol. The Bertz CT molecular complexity index is 1650. The second-order valence-electron chi connectivity index (χ2n) is 13.3. The fourth-order valence-corrected chi connectivity index (χ4v) is 7.25. The number of aromatic nitrogens is 1. The zero-order valence-electron chi connectivity index (χ0n) is 26.4.